The van der Waals surface area contributed by atoms with E-state index in [4.69, 9.17) is 5.73 Å². The molecule has 1 aliphatic rings. The second kappa shape index (κ2) is 5.72. The third kappa shape index (κ3) is 4.43. The number of rotatable bonds is 7. The fraction of sp³-hybridized carbons (Fsp3) is 1.00. The Morgan fingerprint density at radius 3 is 2.43 bits per heavy atom. The van der Waals surface area contributed by atoms with Gasteiger partial charge in [-0.05, 0) is 38.1 Å². The monoisotopic (exact) mass is 198 g/mol. The van der Waals surface area contributed by atoms with Gasteiger partial charge in [0, 0.05) is 18.6 Å². The van der Waals surface area contributed by atoms with Gasteiger partial charge in [0.1, 0.15) is 0 Å². The number of nitrogens with two attached hydrogens (primary N) is 1. The van der Waals surface area contributed by atoms with Gasteiger partial charge in [-0.1, -0.05) is 20.8 Å². The van der Waals surface area contributed by atoms with Gasteiger partial charge >= 0.3 is 0 Å². The first-order chi connectivity index (χ1) is 6.63. The predicted octanol–water partition coefficient (Wildman–Crippen LogP) is 2.23. The van der Waals surface area contributed by atoms with Crippen LogP contribution in [0.25, 0.3) is 0 Å². The van der Waals surface area contributed by atoms with Gasteiger partial charge in [0.2, 0.25) is 0 Å². The Kier molecular flexibility index (Phi) is 4.90. The Hall–Kier alpha value is -0.0800. The van der Waals surface area contributed by atoms with Crippen LogP contribution in [0.5, 0.6) is 0 Å². The van der Waals surface area contributed by atoms with Gasteiger partial charge in [-0.2, -0.15) is 0 Å². The van der Waals surface area contributed by atoms with Gasteiger partial charge in [0.15, 0.2) is 0 Å². The van der Waals surface area contributed by atoms with E-state index in [1.807, 2.05) is 0 Å². The number of nitrogens with zero attached hydrogens (tertiary/aromatic N) is 1. The molecule has 1 rings (SSSR count). The lowest BCUT2D eigenvalue weighted by atomic mass is 10.0. The highest BCUT2D eigenvalue weighted by Gasteiger charge is 2.29. The van der Waals surface area contributed by atoms with Crippen LogP contribution in [0.4, 0.5) is 0 Å². The zero-order valence-electron chi connectivity index (χ0n) is 10.00. The molecule has 0 bridgehead atoms. The summed E-state index contributed by atoms with van der Waals surface area (Å²) in [6.45, 7) is 9.10. The minimum atomic E-state index is 0.377. The first kappa shape index (κ1) is 12.0. The summed E-state index contributed by atoms with van der Waals surface area (Å²) in [7, 11) is 0. The molecule has 2 N–H and O–H groups in total. The minimum Gasteiger partial charge on any atom is -0.327 e. The normalized spacial score (nSPS) is 19.3. The van der Waals surface area contributed by atoms with Crippen molar-refractivity contribution < 1.29 is 0 Å². The molecule has 2 nitrogen and oxygen atoms in total. The van der Waals surface area contributed by atoms with Crippen molar-refractivity contribution in [1.82, 2.24) is 4.90 Å². The molecule has 0 aromatic carbocycles. The molecule has 1 saturated carbocycles. The summed E-state index contributed by atoms with van der Waals surface area (Å²) in [4.78, 5) is 2.59. The molecule has 1 atom stereocenters. The molecule has 1 fully saturated rings. The maximum atomic E-state index is 6.13. The summed E-state index contributed by atoms with van der Waals surface area (Å²) in [5, 5.41) is 0. The summed E-state index contributed by atoms with van der Waals surface area (Å²) in [6.07, 6.45) is 5.21. The smallest absolute Gasteiger partial charge is 0.0170 e. The Morgan fingerprint density at radius 2 is 2.00 bits per heavy atom. The average Bonchev–Trinajstić information content (AvgIpc) is 2.83. The maximum absolute atomic E-state index is 6.13. The Labute approximate surface area is 88.8 Å². The highest BCUT2D eigenvalue weighted by molar-refractivity contribution is 4.86. The van der Waals surface area contributed by atoms with Crippen LogP contribution in [0.2, 0.25) is 0 Å². The lowest BCUT2D eigenvalue weighted by molar-refractivity contribution is 0.237. The fourth-order valence-electron chi connectivity index (χ4n) is 2.13. The summed E-state index contributed by atoms with van der Waals surface area (Å²) in [5.74, 6) is 0.729. The summed E-state index contributed by atoms with van der Waals surface area (Å²) < 4.78 is 0. The van der Waals surface area contributed by atoms with Gasteiger partial charge < -0.3 is 5.73 Å². The third-order valence-electron chi connectivity index (χ3n) is 2.82. The lowest BCUT2D eigenvalue weighted by Crippen LogP contribution is -2.39. The molecule has 0 heterocycles. The predicted molar refractivity (Wildman–Crippen MR) is 62.3 cm³/mol. The van der Waals surface area contributed by atoms with Gasteiger partial charge in [-0.15, -0.1) is 0 Å². The van der Waals surface area contributed by atoms with Gasteiger partial charge in [0.25, 0.3) is 0 Å². The van der Waals surface area contributed by atoms with E-state index < -0.39 is 0 Å². The summed E-state index contributed by atoms with van der Waals surface area (Å²) in [5.41, 5.74) is 6.13. The zero-order valence-corrected chi connectivity index (χ0v) is 10.00. The molecule has 84 valence electrons. The first-order valence-electron chi connectivity index (χ1n) is 6.13. The average molecular weight is 198 g/mol. The second-order valence-corrected chi connectivity index (χ2v) is 5.12. The van der Waals surface area contributed by atoms with Crippen LogP contribution in [0.1, 0.15) is 46.5 Å². The summed E-state index contributed by atoms with van der Waals surface area (Å²) in [6, 6.07) is 1.25. The largest absolute Gasteiger partial charge is 0.327 e. The van der Waals surface area contributed by atoms with E-state index in [1.165, 1.54) is 25.8 Å². The van der Waals surface area contributed by atoms with Crippen LogP contribution >= 0.6 is 0 Å². The van der Waals surface area contributed by atoms with E-state index in [0.717, 1.165) is 24.9 Å². The second-order valence-electron chi connectivity index (χ2n) is 5.12. The molecule has 2 heteroatoms. The Bertz CT molecular complexity index is 152. The topological polar surface area (TPSA) is 29.3 Å². The highest BCUT2D eigenvalue weighted by atomic mass is 15.2. The molecule has 0 spiro atoms. The fourth-order valence-corrected chi connectivity index (χ4v) is 2.13. The molecule has 0 aromatic heterocycles. The third-order valence-corrected chi connectivity index (χ3v) is 2.82. The number of hydrogen-bond acceptors (Lipinski definition) is 2. The first-order valence-corrected chi connectivity index (χ1v) is 6.13. The molecule has 0 aromatic rings. The molecule has 0 amide bonds. The molecule has 0 aliphatic heterocycles. The van der Waals surface area contributed by atoms with E-state index in [-0.39, 0.29) is 0 Å². The van der Waals surface area contributed by atoms with Crippen molar-refractivity contribution in [2.75, 3.05) is 13.1 Å². The Morgan fingerprint density at radius 1 is 1.36 bits per heavy atom. The van der Waals surface area contributed by atoms with Crippen molar-refractivity contribution in [2.45, 2.75) is 58.5 Å². The van der Waals surface area contributed by atoms with Gasteiger partial charge in [-0.3, -0.25) is 4.90 Å². The SMILES string of the molecule is CCCN(CC(N)CC(C)C)C1CC1. The Balaban J connectivity index is 2.23. The van der Waals surface area contributed by atoms with Crippen molar-refractivity contribution in [2.24, 2.45) is 11.7 Å². The molecular weight excluding hydrogens is 172 g/mol. The van der Waals surface area contributed by atoms with Crippen molar-refractivity contribution in [3.63, 3.8) is 0 Å². The van der Waals surface area contributed by atoms with Crippen LogP contribution in [0, 0.1) is 5.92 Å². The molecule has 14 heavy (non-hydrogen) atoms. The van der Waals surface area contributed by atoms with Crippen LogP contribution in [-0.2, 0) is 0 Å². The summed E-state index contributed by atoms with van der Waals surface area (Å²) >= 11 is 0. The molecule has 0 radical (unpaired) electrons. The molecule has 0 saturated heterocycles. The van der Waals surface area contributed by atoms with Gasteiger partial charge in [-0.25, -0.2) is 0 Å². The van der Waals surface area contributed by atoms with E-state index in [1.54, 1.807) is 0 Å². The lowest BCUT2D eigenvalue weighted by Gasteiger charge is -2.25. The van der Waals surface area contributed by atoms with Crippen LogP contribution in [-0.4, -0.2) is 30.1 Å². The van der Waals surface area contributed by atoms with E-state index >= 15 is 0 Å². The standard InChI is InChI=1S/C12H26N2/c1-4-7-14(12-5-6-12)9-11(13)8-10(2)3/h10-12H,4-9,13H2,1-3H3. The number of hydrogen-bond donors (Lipinski definition) is 1. The van der Waals surface area contributed by atoms with E-state index in [2.05, 4.69) is 25.7 Å². The molecule has 1 unspecified atom stereocenters. The van der Waals surface area contributed by atoms with Crippen molar-refractivity contribution in [1.29, 1.82) is 0 Å². The highest BCUT2D eigenvalue weighted by Crippen LogP contribution is 2.27. The van der Waals surface area contributed by atoms with Crippen LogP contribution < -0.4 is 5.73 Å². The van der Waals surface area contributed by atoms with Crippen molar-refractivity contribution in [3.05, 3.63) is 0 Å². The van der Waals surface area contributed by atoms with Gasteiger partial charge in [0.05, 0.1) is 0 Å². The van der Waals surface area contributed by atoms with E-state index in [0.29, 0.717) is 6.04 Å². The van der Waals surface area contributed by atoms with E-state index in [9.17, 15) is 0 Å². The molecule has 1 aliphatic carbocycles. The quantitative estimate of drug-likeness (QED) is 0.680. The van der Waals surface area contributed by atoms with Crippen molar-refractivity contribution >= 4 is 0 Å². The maximum Gasteiger partial charge on any atom is 0.0170 e. The van der Waals surface area contributed by atoms with Crippen molar-refractivity contribution in [3.8, 4) is 0 Å². The molecular formula is C12H26N2. The minimum absolute atomic E-state index is 0.377. The van der Waals surface area contributed by atoms with Crippen LogP contribution in [0.15, 0.2) is 0 Å². The van der Waals surface area contributed by atoms with Crippen LogP contribution in [0.3, 0.4) is 0 Å². The zero-order chi connectivity index (χ0) is 10.6.